The fourth-order valence-corrected chi connectivity index (χ4v) is 2.64. The molecule has 23 heavy (non-hydrogen) atoms. The Morgan fingerprint density at radius 2 is 1.87 bits per heavy atom. The molecule has 2 heterocycles. The number of nitrogens with zero attached hydrogens (tertiary/aromatic N) is 3. The van der Waals surface area contributed by atoms with Crippen LogP contribution in [0.15, 0.2) is 58.3 Å². The summed E-state index contributed by atoms with van der Waals surface area (Å²) in [5, 5.41) is 7.36. The van der Waals surface area contributed by atoms with Gasteiger partial charge in [0, 0.05) is 44.0 Å². The molecule has 1 saturated heterocycles. The van der Waals surface area contributed by atoms with Crippen molar-refractivity contribution in [2.24, 2.45) is 5.10 Å². The van der Waals surface area contributed by atoms with Crippen LogP contribution in [0.2, 0.25) is 5.02 Å². The molecular weight excluding hydrogens is 310 g/mol. The molecule has 3 rings (SSSR count). The van der Waals surface area contributed by atoms with Gasteiger partial charge in [0.1, 0.15) is 5.76 Å². The van der Waals surface area contributed by atoms with Gasteiger partial charge in [0.25, 0.3) is 0 Å². The molecule has 120 valence electrons. The fraction of sp³-hybridized carbons (Fsp3) is 0.278. The third kappa shape index (κ3) is 4.98. The van der Waals surface area contributed by atoms with E-state index in [0.29, 0.717) is 0 Å². The minimum Gasteiger partial charge on any atom is -0.465 e. The number of hydrogen-bond donors (Lipinski definition) is 0. The molecule has 4 nitrogen and oxygen atoms in total. The zero-order valence-electron chi connectivity index (χ0n) is 12.9. The van der Waals surface area contributed by atoms with E-state index in [4.69, 9.17) is 16.0 Å². The lowest BCUT2D eigenvalue weighted by atomic mass is 10.2. The Morgan fingerprint density at radius 3 is 2.57 bits per heavy atom. The van der Waals surface area contributed by atoms with Crippen LogP contribution in [-0.2, 0) is 6.54 Å². The van der Waals surface area contributed by atoms with E-state index in [1.54, 1.807) is 6.26 Å². The molecule has 0 spiro atoms. The lowest BCUT2D eigenvalue weighted by Gasteiger charge is -2.32. The lowest BCUT2D eigenvalue weighted by molar-refractivity contribution is 0.131. The van der Waals surface area contributed by atoms with E-state index >= 15 is 0 Å². The normalized spacial score (nSPS) is 16.7. The van der Waals surface area contributed by atoms with Crippen LogP contribution < -0.4 is 0 Å². The molecule has 1 aliphatic rings. The molecule has 0 radical (unpaired) electrons. The number of rotatable bonds is 5. The van der Waals surface area contributed by atoms with Gasteiger partial charge in [0.05, 0.1) is 6.26 Å². The molecule has 0 N–H and O–H groups in total. The van der Waals surface area contributed by atoms with E-state index < -0.39 is 0 Å². The summed E-state index contributed by atoms with van der Waals surface area (Å²) < 4.78 is 5.23. The Kier molecular flexibility index (Phi) is 5.51. The van der Waals surface area contributed by atoms with E-state index in [1.807, 2.05) is 42.6 Å². The Labute approximate surface area is 141 Å². The highest BCUT2D eigenvalue weighted by Crippen LogP contribution is 2.13. The molecule has 0 unspecified atom stereocenters. The van der Waals surface area contributed by atoms with Crippen LogP contribution in [0.25, 0.3) is 6.08 Å². The van der Waals surface area contributed by atoms with Crippen LogP contribution in [-0.4, -0.2) is 42.3 Å². The number of piperazine rings is 1. The van der Waals surface area contributed by atoms with E-state index in [1.165, 1.54) is 5.56 Å². The van der Waals surface area contributed by atoms with Crippen LogP contribution in [0.5, 0.6) is 0 Å². The second-order valence-corrected chi connectivity index (χ2v) is 5.93. The van der Waals surface area contributed by atoms with Gasteiger partial charge in [0.15, 0.2) is 0 Å². The molecule has 0 atom stereocenters. The van der Waals surface area contributed by atoms with Crippen molar-refractivity contribution in [3.05, 3.63) is 65.1 Å². The van der Waals surface area contributed by atoms with E-state index in [-0.39, 0.29) is 0 Å². The Morgan fingerprint density at radius 1 is 1.09 bits per heavy atom. The molecule has 1 aliphatic heterocycles. The van der Waals surface area contributed by atoms with Crippen LogP contribution in [0.4, 0.5) is 0 Å². The van der Waals surface area contributed by atoms with Gasteiger partial charge in [-0.1, -0.05) is 23.7 Å². The first kappa shape index (κ1) is 15.8. The Bertz CT molecular complexity index is 641. The highest BCUT2D eigenvalue weighted by atomic mass is 35.5. The largest absolute Gasteiger partial charge is 0.465 e. The van der Waals surface area contributed by atoms with Crippen molar-refractivity contribution in [2.75, 3.05) is 26.2 Å². The van der Waals surface area contributed by atoms with Crippen molar-refractivity contribution in [1.29, 1.82) is 0 Å². The predicted octanol–water partition coefficient (Wildman–Crippen LogP) is 3.75. The second kappa shape index (κ2) is 7.99. The smallest absolute Gasteiger partial charge is 0.126 e. The van der Waals surface area contributed by atoms with Gasteiger partial charge in [-0.3, -0.25) is 9.91 Å². The average molecular weight is 330 g/mol. The molecular formula is C18H20ClN3O. The first-order valence-corrected chi connectivity index (χ1v) is 8.13. The zero-order valence-corrected chi connectivity index (χ0v) is 13.7. The maximum Gasteiger partial charge on any atom is 0.126 e. The van der Waals surface area contributed by atoms with Gasteiger partial charge in [0.2, 0.25) is 0 Å². The van der Waals surface area contributed by atoms with Gasteiger partial charge < -0.3 is 4.42 Å². The van der Waals surface area contributed by atoms with Crippen molar-refractivity contribution in [2.45, 2.75) is 6.54 Å². The summed E-state index contributed by atoms with van der Waals surface area (Å²) in [6.07, 6.45) is 7.29. The van der Waals surface area contributed by atoms with E-state index in [2.05, 4.69) is 27.1 Å². The van der Waals surface area contributed by atoms with Crippen LogP contribution in [0.1, 0.15) is 11.3 Å². The third-order valence-corrected chi connectivity index (χ3v) is 4.04. The van der Waals surface area contributed by atoms with Crippen molar-refractivity contribution in [3.8, 4) is 0 Å². The molecule has 0 bridgehead atoms. The molecule has 0 amide bonds. The number of benzene rings is 1. The monoisotopic (exact) mass is 329 g/mol. The standard InChI is InChI=1S/C18H20ClN3O/c19-17-7-5-16(6-8-17)15-21-10-12-22(13-11-21)20-9-1-3-18-4-2-14-23-18/h1-9,14H,10-13,15H2/b3-1-,20-9-. The minimum absolute atomic E-state index is 0.788. The topological polar surface area (TPSA) is 32.0 Å². The first-order valence-electron chi connectivity index (χ1n) is 7.75. The number of hydrogen-bond acceptors (Lipinski definition) is 4. The maximum atomic E-state index is 5.92. The summed E-state index contributed by atoms with van der Waals surface area (Å²) in [5.74, 6) is 0.837. The van der Waals surface area contributed by atoms with Crippen molar-refractivity contribution in [3.63, 3.8) is 0 Å². The van der Waals surface area contributed by atoms with Crippen molar-refractivity contribution in [1.82, 2.24) is 9.91 Å². The average Bonchev–Trinajstić information content (AvgIpc) is 3.09. The van der Waals surface area contributed by atoms with Gasteiger partial charge in [-0.05, 0) is 42.0 Å². The number of furan rings is 1. The molecule has 5 heteroatoms. The molecule has 0 aliphatic carbocycles. The van der Waals surface area contributed by atoms with Crippen LogP contribution in [0.3, 0.4) is 0 Å². The number of halogens is 1. The Balaban J connectivity index is 1.42. The quantitative estimate of drug-likeness (QED) is 0.783. The molecule has 1 aromatic carbocycles. The molecule has 2 aromatic rings. The molecule has 1 aromatic heterocycles. The highest BCUT2D eigenvalue weighted by molar-refractivity contribution is 6.30. The number of hydrazone groups is 1. The Hall–Kier alpha value is -2.04. The van der Waals surface area contributed by atoms with Gasteiger partial charge in [-0.25, -0.2) is 0 Å². The third-order valence-electron chi connectivity index (χ3n) is 3.79. The van der Waals surface area contributed by atoms with Crippen LogP contribution in [0, 0.1) is 0 Å². The summed E-state index contributed by atoms with van der Waals surface area (Å²) in [6.45, 7) is 4.88. The zero-order chi connectivity index (χ0) is 15.9. The second-order valence-electron chi connectivity index (χ2n) is 5.50. The van der Waals surface area contributed by atoms with Gasteiger partial charge >= 0.3 is 0 Å². The van der Waals surface area contributed by atoms with Crippen LogP contribution >= 0.6 is 11.6 Å². The van der Waals surface area contributed by atoms with Gasteiger partial charge in [-0.15, -0.1) is 0 Å². The fourth-order valence-electron chi connectivity index (χ4n) is 2.52. The lowest BCUT2D eigenvalue weighted by Crippen LogP contribution is -2.43. The summed E-state index contributed by atoms with van der Waals surface area (Å²) in [6, 6.07) is 11.9. The van der Waals surface area contributed by atoms with Crippen molar-refractivity contribution >= 4 is 23.9 Å². The minimum atomic E-state index is 0.788. The van der Waals surface area contributed by atoms with E-state index in [9.17, 15) is 0 Å². The van der Waals surface area contributed by atoms with E-state index in [0.717, 1.165) is 43.5 Å². The summed E-state index contributed by atoms with van der Waals surface area (Å²) in [7, 11) is 0. The van der Waals surface area contributed by atoms with Gasteiger partial charge in [-0.2, -0.15) is 5.10 Å². The van der Waals surface area contributed by atoms with Crippen molar-refractivity contribution < 1.29 is 4.42 Å². The summed E-state index contributed by atoms with van der Waals surface area (Å²) >= 11 is 5.92. The highest BCUT2D eigenvalue weighted by Gasteiger charge is 2.15. The predicted molar refractivity (Wildman–Crippen MR) is 94.5 cm³/mol. The summed E-state index contributed by atoms with van der Waals surface area (Å²) in [4.78, 5) is 2.44. The molecule has 1 fully saturated rings. The number of allylic oxidation sites excluding steroid dienone is 1. The maximum absolute atomic E-state index is 5.92. The molecule has 0 saturated carbocycles. The SMILES string of the molecule is Clc1ccc(CN2CCN(/N=C\C=C/c3ccco3)CC2)cc1. The summed E-state index contributed by atoms with van der Waals surface area (Å²) in [5.41, 5.74) is 1.30. The first-order chi connectivity index (χ1) is 11.3.